The Balaban J connectivity index is 2.53. The first kappa shape index (κ1) is 11.2. The van der Waals surface area contributed by atoms with E-state index in [1.807, 2.05) is 6.26 Å². The van der Waals surface area contributed by atoms with Crippen LogP contribution in [0.2, 0.25) is 0 Å². The number of hydrogen-bond donors (Lipinski definition) is 0. The summed E-state index contributed by atoms with van der Waals surface area (Å²) in [6, 6.07) is 0.262. The Kier molecular flexibility index (Phi) is 4.96. The molecular weight excluding hydrogens is 206 g/mol. The zero-order valence-electron chi connectivity index (χ0n) is 8.12. The van der Waals surface area contributed by atoms with Crippen LogP contribution >= 0.6 is 23.4 Å². The highest BCUT2D eigenvalue weighted by Gasteiger charge is 2.22. The summed E-state index contributed by atoms with van der Waals surface area (Å²) >= 11 is 7.70. The topological polar surface area (TPSA) is 21.6 Å². The minimum Gasteiger partial charge on any atom is -0.476 e. The fraction of sp³-hybridized carbons (Fsp3) is 0.889. The average Bonchev–Trinajstić information content (AvgIpc) is 2.17. The Morgan fingerprint density at radius 2 is 2.15 bits per heavy atom. The Labute approximate surface area is 89.1 Å². The van der Waals surface area contributed by atoms with Crippen molar-refractivity contribution in [2.75, 3.05) is 13.4 Å². The predicted octanol–water partition coefficient (Wildman–Crippen LogP) is 2.90. The van der Waals surface area contributed by atoms with Gasteiger partial charge in [0.1, 0.15) is 0 Å². The molecule has 0 aliphatic heterocycles. The molecule has 1 aliphatic carbocycles. The molecule has 0 aromatic heterocycles. The molecule has 1 fully saturated rings. The van der Waals surface area contributed by atoms with Gasteiger partial charge < -0.3 is 4.74 Å². The second-order valence-electron chi connectivity index (χ2n) is 3.17. The summed E-state index contributed by atoms with van der Waals surface area (Å²) in [4.78, 5) is 4.48. The van der Waals surface area contributed by atoms with Crippen molar-refractivity contribution in [2.45, 2.75) is 37.1 Å². The van der Waals surface area contributed by atoms with Crippen LogP contribution in [-0.2, 0) is 4.74 Å². The number of halogens is 1. The molecule has 1 rings (SSSR count). The molecular formula is C9H16ClNOS. The van der Waals surface area contributed by atoms with Gasteiger partial charge in [-0.2, -0.15) is 0 Å². The first-order valence-corrected chi connectivity index (χ1v) is 6.24. The third-order valence-corrected chi connectivity index (χ3v) is 3.40. The summed E-state index contributed by atoms with van der Waals surface area (Å²) in [7, 11) is 1.65. The molecule has 76 valence electrons. The zero-order valence-corrected chi connectivity index (χ0v) is 9.70. The number of thioether (sulfide) groups is 1. The first-order chi connectivity index (χ1) is 6.27. The van der Waals surface area contributed by atoms with E-state index in [1.165, 1.54) is 24.6 Å². The van der Waals surface area contributed by atoms with Crippen LogP contribution in [0.25, 0.3) is 0 Å². The molecule has 0 radical (unpaired) electrons. The summed E-state index contributed by atoms with van der Waals surface area (Å²) in [5.41, 5.74) is 0. The van der Waals surface area contributed by atoms with Gasteiger partial charge in [-0.05, 0) is 19.1 Å². The van der Waals surface area contributed by atoms with Crippen LogP contribution in [0.4, 0.5) is 0 Å². The molecule has 0 aromatic carbocycles. The smallest absolute Gasteiger partial charge is 0.245 e. The van der Waals surface area contributed by atoms with Gasteiger partial charge in [-0.3, -0.25) is 0 Å². The number of hydrogen-bond acceptors (Lipinski definition) is 3. The molecule has 0 N–H and O–H groups in total. The molecule has 0 saturated heterocycles. The number of ether oxygens (including phenoxy) is 1. The van der Waals surface area contributed by atoms with Crippen LogP contribution in [0.5, 0.6) is 0 Å². The number of alkyl halides is 1. The quantitative estimate of drug-likeness (QED) is 0.386. The maximum Gasteiger partial charge on any atom is 0.245 e. The van der Waals surface area contributed by atoms with E-state index in [2.05, 4.69) is 4.99 Å². The van der Waals surface area contributed by atoms with Crippen molar-refractivity contribution >= 4 is 28.6 Å². The maximum absolute atomic E-state index is 6.17. The van der Waals surface area contributed by atoms with Crippen molar-refractivity contribution < 1.29 is 4.74 Å². The number of rotatable bonds is 1. The van der Waals surface area contributed by atoms with Gasteiger partial charge in [-0.15, -0.1) is 11.6 Å². The highest BCUT2D eigenvalue weighted by atomic mass is 35.5. The Hall–Kier alpha value is 0.110. The lowest BCUT2D eigenvalue weighted by Crippen LogP contribution is -2.24. The van der Waals surface area contributed by atoms with Crippen molar-refractivity contribution in [2.24, 2.45) is 4.99 Å². The molecule has 0 aromatic rings. The maximum atomic E-state index is 6.17. The van der Waals surface area contributed by atoms with E-state index >= 15 is 0 Å². The molecule has 2 atom stereocenters. The van der Waals surface area contributed by atoms with Crippen molar-refractivity contribution in [3.8, 4) is 0 Å². The summed E-state index contributed by atoms with van der Waals surface area (Å²) in [5.74, 6) is 0. The Morgan fingerprint density at radius 3 is 2.69 bits per heavy atom. The van der Waals surface area contributed by atoms with Gasteiger partial charge in [0.15, 0.2) is 0 Å². The molecule has 1 saturated carbocycles. The third kappa shape index (κ3) is 3.39. The fourth-order valence-corrected chi connectivity index (χ4v) is 2.28. The van der Waals surface area contributed by atoms with Crippen molar-refractivity contribution in [3.63, 3.8) is 0 Å². The van der Waals surface area contributed by atoms with E-state index in [-0.39, 0.29) is 11.4 Å². The van der Waals surface area contributed by atoms with E-state index in [0.29, 0.717) is 0 Å². The molecule has 0 spiro atoms. The van der Waals surface area contributed by atoms with Gasteiger partial charge >= 0.3 is 0 Å². The van der Waals surface area contributed by atoms with E-state index < -0.39 is 0 Å². The van der Waals surface area contributed by atoms with E-state index in [4.69, 9.17) is 16.3 Å². The van der Waals surface area contributed by atoms with Crippen LogP contribution in [0, 0.1) is 0 Å². The van der Waals surface area contributed by atoms with Gasteiger partial charge in [-0.1, -0.05) is 24.6 Å². The molecule has 4 heteroatoms. The molecule has 0 unspecified atom stereocenters. The minimum absolute atomic E-state index is 0.200. The minimum atomic E-state index is 0.200. The van der Waals surface area contributed by atoms with E-state index in [9.17, 15) is 0 Å². The highest BCUT2D eigenvalue weighted by molar-refractivity contribution is 8.12. The lowest BCUT2D eigenvalue weighted by atomic mass is 9.95. The summed E-state index contributed by atoms with van der Waals surface area (Å²) in [6.07, 6.45) is 6.63. The zero-order chi connectivity index (χ0) is 9.68. The summed E-state index contributed by atoms with van der Waals surface area (Å²) in [6.45, 7) is 0. The third-order valence-electron chi connectivity index (χ3n) is 2.27. The SMILES string of the molecule is COC(=N[C@@H]1CCCC[C@@H]1Cl)SC. The number of aliphatic imine (C=N–C) groups is 1. The largest absolute Gasteiger partial charge is 0.476 e. The van der Waals surface area contributed by atoms with Crippen LogP contribution in [0.1, 0.15) is 25.7 Å². The van der Waals surface area contributed by atoms with E-state index in [1.54, 1.807) is 7.11 Å². The lowest BCUT2D eigenvalue weighted by molar-refractivity contribution is 0.396. The normalized spacial score (nSPS) is 30.2. The van der Waals surface area contributed by atoms with Gasteiger partial charge in [0.25, 0.3) is 0 Å². The van der Waals surface area contributed by atoms with Crippen molar-refractivity contribution in [1.29, 1.82) is 0 Å². The van der Waals surface area contributed by atoms with Crippen LogP contribution in [0.3, 0.4) is 0 Å². The summed E-state index contributed by atoms with van der Waals surface area (Å²) < 4.78 is 5.10. The van der Waals surface area contributed by atoms with Crippen LogP contribution < -0.4 is 0 Å². The molecule has 1 aliphatic rings. The van der Waals surface area contributed by atoms with E-state index in [0.717, 1.165) is 18.1 Å². The second-order valence-corrected chi connectivity index (χ2v) is 4.49. The second kappa shape index (κ2) is 5.76. The van der Waals surface area contributed by atoms with Gasteiger partial charge in [0.05, 0.1) is 18.5 Å². The van der Waals surface area contributed by atoms with Crippen molar-refractivity contribution in [3.05, 3.63) is 0 Å². The molecule has 0 amide bonds. The van der Waals surface area contributed by atoms with Crippen molar-refractivity contribution in [1.82, 2.24) is 0 Å². The average molecular weight is 222 g/mol. The standard InChI is InChI=1S/C9H16ClNOS/c1-12-9(13-2)11-8-6-4-3-5-7(8)10/h7-8H,3-6H2,1-2H3/t7-,8+/m0/s1. The first-order valence-electron chi connectivity index (χ1n) is 4.57. The Morgan fingerprint density at radius 1 is 1.46 bits per heavy atom. The van der Waals surface area contributed by atoms with Gasteiger partial charge in [0, 0.05) is 0 Å². The molecule has 0 heterocycles. The number of nitrogens with zero attached hydrogens (tertiary/aromatic N) is 1. The van der Waals surface area contributed by atoms with Crippen LogP contribution in [-0.4, -0.2) is 30.0 Å². The Bertz CT molecular complexity index is 180. The lowest BCUT2D eigenvalue weighted by Gasteiger charge is -2.23. The monoisotopic (exact) mass is 221 g/mol. The number of methoxy groups -OCH3 is 1. The van der Waals surface area contributed by atoms with Crippen LogP contribution in [0.15, 0.2) is 4.99 Å². The molecule has 0 bridgehead atoms. The molecule has 2 nitrogen and oxygen atoms in total. The highest BCUT2D eigenvalue weighted by Crippen LogP contribution is 2.26. The fourth-order valence-electron chi connectivity index (χ4n) is 1.54. The van der Waals surface area contributed by atoms with Gasteiger partial charge in [0.2, 0.25) is 5.23 Å². The molecule has 13 heavy (non-hydrogen) atoms. The predicted molar refractivity (Wildman–Crippen MR) is 59.9 cm³/mol. The van der Waals surface area contributed by atoms with Gasteiger partial charge in [-0.25, -0.2) is 4.99 Å². The summed E-state index contributed by atoms with van der Waals surface area (Å²) in [5, 5.41) is 0.948.